The molecule has 0 spiro atoms. The lowest BCUT2D eigenvalue weighted by atomic mass is 10.1. The Balaban J connectivity index is 1.96. The Kier molecular flexibility index (Phi) is 4.53. The molecule has 0 aliphatic rings. The van der Waals surface area contributed by atoms with Crippen molar-refractivity contribution >= 4 is 0 Å². The minimum Gasteiger partial charge on any atom is -0.497 e. The maximum Gasteiger partial charge on any atom is 0.119 e. The molecular formula is C16H20N2O. The lowest BCUT2D eigenvalue weighted by Gasteiger charge is -2.15. The van der Waals surface area contributed by atoms with Gasteiger partial charge in [-0.25, -0.2) is 0 Å². The lowest BCUT2D eigenvalue weighted by molar-refractivity contribution is 0.413. The lowest BCUT2D eigenvalue weighted by Crippen LogP contribution is -2.18. The molecule has 1 aromatic heterocycles. The Hall–Kier alpha value is -1.87. The number of hydrogen-bond donors (Lipinski definition) is 1. The van der Waals surface area contributed by atoms with Gasteiger partial charge in [0.05, 0.1) is 12.8 Å². The number of rotatable bonds is 5. The third-order valence-electron chi connectivity index (χ3n) is 3.16. The minimum atomic E-state index is 0.262. The van der Waals surface area contributed by atoms with Gasteiger partial charge in [0.2, 0.25) is 0 Å². The third-order valence-corrected chi connectivity index (χ3v) is 3.16. The molecule has 1 unspecified atom stereocenters. The van der Waals surface area contributed by atoms with Crippen molar-refractivity contribution in [3.63, 3.8) is 0 Å². The van der Waals surface area contributed by atoms with Gasteiger partial charge in [0.1, 0.15) is 5.75 Å². The van der Waals surface area contributed by atoms with Crippen LogP contribution in [0.1, 0.15) is 29.8 Å². The highest BCUT2D eigenvalue weighted by Crippen LogP contribution is 2.18. The Morgan fingerprint density at radius 3 is 2.79 bits per heavy atom. The van der Waals surface area contributed by atoms with Crippen LogP contribution in [0.25, 0.3) is 0 Å². The Morgan fingerprint density at radius 1 is 1.26 bits per heavy atom. The van der Waals surface area contributed by atoms with Crippen molar-refractivity contribution in [1.82, 2.24) is 10.3 Å². The van der Waals surface area contributed by atoms with Gasteiger partial charge < -0.3 is 10.1 Å². The Labute approximate surface area is 114 Å². The van der Waals surface area contributed by atoms with Crippen LogP contribution in [-0.2, 0) is 6.54 Å². The van der Waals surface area contributed by atoms with E-state index in [1.807, 2.05) is 25.3 Å². The van der Waals surface area contributed by atoms with Crippen LogP contribution in [0.4, 0.5) is 0 Å². The summed E-state index contributed by atoms with van der Waals surface area (Å²) in [7, 11) is 1.69. The topological polar surface area (TPSA) is 34.1 Å². The second-order valence-corrected chi connectivity index (χ2v) is 4.71. The van der Waals surface area contributed by atoms with Crippen LogP contribution in [-0.4, -0.2) is 12.1 Å². The van der Waals surface area contributed by atoms with E-state index in [0.29, 0.717) is 0 Å². The molecule has 0 aliphatic heterocycles. The number of aryl methyl sites for hydroxylation is 1. The van der Waals surface area contributed by atoms with Crippen molar-refractivity contribution in [2.75, 3.05) is 7.11 Å². The number of pyridine rings is 1. The molecule has 19 heavy (non-hydrogen) atoms. The van der Waals surface area contributed by atoms with E-state index in [1.54, 1.807) is 7.11 Å². The molecule has 2 aromatic rings. The van der Waals surface area contributed by atoms with Gasteiger partial charge in [0, 0.05) is 18.8 Å². The van der Waals surface area contributed by atoms with Crippen LogP contribution < -0.4 is 10.1 Å². The number of methoxy groups -OCH3 is 1. The number of nitrogens with zero attached hydrogens (tertiary/aromatic N) is 1. The highest BCUT2D eigenvalue weighted by molar-refractivity contribution is 5.30. The van der Waals surface area contributed by atoms with Crippen molar-refractivity contribution in [1.29, 1.82) is 0 Å². The first-order chi connectivity index (χ1) is 9.19. The fourth-order valence-corrected chi connectivity index (χ4v) is 1.89. The van der Waals surface area contributed by atoms with E-state index < -0.39 is 0 Å². The molecule has 0 saturated carbocycles. The predicted octanol–water partition coefficient (Wildman–Crippen LogP) is 3.25. The third kappa shape index (κ3) is 3.80. The van der Waals surface area contributed by atoms with Crippen LogP contribution >= 0.6 is 0 Å². The van der Waals surface area contributed by atoms with E-state index in [0.717, 1.165) is 18.0 Å². The first-order valence-electron chi connectivity index (χ1n) is 6.48. The fourth-order valence-electron chi connectivity index (χ4n) is 1.89. The zero-order chi connectivity index (χ0) is 13.7. The van der Waals surface area contributed by atoms with Gasteiger partial charge in [-0.3, -0.25) is 4.98 Å². The monoisotopic (exact) mass is 256 g/mol. The highest BCUT2D eigenvalue weighted by atomic mass is 16.5. The minimum absolute atomic E-state index is 0.262. The molecule has 1 atom stereocenters. The van der Waals surface area contributed by atoms with E-state index >= 15 is 0 Å². The first kappa shape index (κ1) is 13.6. The molecular weight excluding hydrogens is 236 g/mol. The van der Waals surface area contributed by atoms with E-state index in [2.05, 4.69) is 41.5 Å². The first-order valence-corrected chi connectivity index (χ1v) is 6.48. The molecule has 0 saturated heterocycles. The van der Waals surface area contributed by atoms with E-state index in [9.17, 15) is 0 Å². The zero-order valence-electron chi connectivity index (χ0n) is 11.7. The molecule has 1 heterocycles. The van der Waals surface area contributed by atoms with Crippen LogP contribution in [0.15, 0.2) is 42.6 Å². The summed E-state index contributed by atoms with van der Waals surface area (Å²) in [6.07, 6.45) is 1.90. The van der Waals surface area contributed by atoms with Crippen molar-refractivity contribution in [2.45, 2.75) is 26.4 Å². The summed E-state index contributed by atoms with van der Waals surface area (Å²) in [6.45, 7) is 4.95. The van der Waals surface area contributed by atoms with Crippen LogP contribution in [0.5, 0.6) is 5.75 Å². The second kappa shape index (κ2) is 6.34. The second-order valence-electron chi connectivity index (χ2n) is 4.71. The molecule has 1 aromatic carbocycles. The Bertz CT molecular complexity index is 523. The summed E-state index contributed by atoms with van der Waals surface area (Å²) in [4.78, 5) is 4.39. The van der Waals surface area contributed by atoms with E-state index in [-0.39, 0.29) is 6.04 Å². The van der Waals surface area contributed by atoms with Gasteiger partial charge in [-0.15, -0.1) is 0 Å². The average Bonchev–Trinajstić information content (AvgIpc) is 2.46. The van der Waals surface area contributed by atoms with Gasteiger partial charge >= 0.3 is 0 Å². The van der Waals surface area contributed by atoms with Crippen LogP contribution in [0.2, 0.25) is 0 Å². The van der Waals surface area contributed by atoms with E-state index in [4.69, 9.17) is 4.74 Å². The number of hydrogen-bond acceptors (Lipinski definition) is 3. The molecule has 0 bridgehead atoms. The molecule has 0 aliphatic carbocycles. The fraction of sp³-hybridized carbons (Fsp3) is 0.312. The number of ether oxygens (including phenoxy) is 1. The Morgan fingerprint density at radius 2 is 2.11 bits per heavy atom. The maximum absolute atomic E-state index is 5.24. The number of nitrogens with one attached hydrogen (secondary N) is 1. The molecule has 1 N–H and O–H groups in total. The van der Waals surface area contributed by atoms with Gasteiger partial charge in [0.15, 0.2) is 0 Å². The molecule has 2 rings (SSSR count). The molecule has 0 radical (unpaired) electrons. The maximum atomic E-state index is 5.24. The summed E-state index contributed by atoms with van der Waals surface area (Å²) >= 11 is 0. The van der Waals surface area contributed by atoms with Crippen LogP contribution in [0.3, 0.4) is 0 Å². The standard InChI is InChI=1S/C16H20N2O/c1-12-7-8-15(18-10-12)11-17-13(2)14-5-4-6-16(9-14)19-3/h4-10,13,17H,11H2,1-3H3. The zero-order valence-corrected chi connectivity index (χ0v) is 11.7. The summed E-state index contributed by atoms with van der Waals surface area (Å²) in [6, 6.07) is 12.5. The molecule has 0 amide bonds. The van der Waals surface area contributed by atoms with Crippen molar-refractivity contribution < 1.29 is 4.74 Å². The van der Waals surface area contributed by atoms with Crippen LogP contribution in [0, 0.1) is 6.92 Å². The quantitative estimate of drug-likeness (QED) is 0.891. The molecule has 3 heteroatoms. The summed E-state index contributed by atoms with van der Waals surface area (Å²) in [5.74, 6) is 0.889. The summed E-state index contributed by atoms with van der Waals surface area (Å²) in [5.41, 5.74) is 3.46. The summed E-state index contributed by atoms with van der Waals surface area (Å²) in [5, 5.41) is 3.47. The largest absolute Gasteiger partial charge is 0.497 e. The van der Waals surface area contributed by atoms with Gasteiger partial charge in [-0.05, 0) is 43.2 Å². The smallest absolute Gasteiger partial charge is 0.119 e. The van der Waals surface area contributed by atoms with Crippen molar-refractivity contribution in [3.8, 4) is 5.75 Å². The van der Waals surface area contributed by atoms with Gasteiger partial charge in [-0.1, -0.05) is 18.2 Å². The highest BCUT2D eigenvalue weighted by Gasteiger charge is 2.06. The normalized spacial score (nSPS) is 12.2. The average molecular weight is 256 g/mol. The number of aromatic nitrogens is 1. The number of benzene rings is 1. The van der Waals surface area contributed by atoms with E-state index in [1.165, 1.54) is 11.1 Å². The molecule has 0 fully saturated rings. The van der Waals surface area contributed by atoms with Gasteiger partial charge in [0.25, 0.3) is 0 Å². The van der Waals surface area contributed by atoms with Crippen molar-refractivity contribution in [2.24, 2.45) is 0 Å². The molecule has 100 valence electrons. The summed E-state index contributed by atoms with van der Waals surface area (Å²) < 4.78 is 5.24. The predicted molar refractivity (Wildman–Crippen MR) is 77.2 cm³/mol. The SMILES string of the molecule is COc1cccc(C(C)NCc2ccc(C)cn2)c1. The van der Waals surface area contributed by atoms with Crippen molar-refractivity contribution in [3.05, 3.63) is 59.4 Å². The molecule has 3 nitrogen and oxygen atoms in total. The van der Waals surface area contributed by atoms with Gasteiger partial charge in [-0.2, -0.15) is 0 Å².